The van der Waals surface area contributed by atoms with Gasteiger partial charge in [0, 0.05) is 34.8 Å². The Balaban J connectivity index is 1.61. The van der Waals surface area contributed by atoms with Crippen LogP contribution >= 0.6 is 0 Å². The van der Waals surface area contributed by atoms with Gasteiger partial charge in [-0.2, -0.15) is 0 Å². The van der Waals surface area contributed by atoms with Gasteiger partial charge in [0.25, 0.3) is 11.6 Å². The molecule has 2 aromatic carbocycles. The lowest BCUT2D eigenvalue weighted by molar-refractivity contribution is -0.384. The SMILES string of the molecule is NC(=O)Cn1cc(C=C2NC(=O)N(Cc3ccc([N+](=O)[O-])cc3)C2=O)c2ccccc21. The molecule has 1 aromatic heterocycles. The van der Waals surface area contributed by atoms with Gasteiger partial charge in [0.2, 0.25) is 5.91 Å². The normalized spacial score (nSPS) is 15.0. The molecule has 0 spiro atoms. The molecule has 3 N–H and O–H groups in total. The lowest BCUT2D eigenvalue weighted by atomic mass is 10.1. The molecule has 10 nitrogen and oxygen atoms in total. The van der Waals surface area contributed by atoms with Crippen molar-refractivity contribution in [3.05, 3.63) is 81.7 Å². The number of nitrogens with one attached hydrogen (secondary N) is 1. The van der Waals surface area contributed by atoms with Crippen molar-refractivity contribution in [2.24, 2.45) is 5.73 Å². The Morgan fingerprint density at radius 1 is 1.13 bits per heavy atom. The highest BCUT2D eigenvalue weighted by Gasteiger charge is 2.33. The third-order valence-corrected chi connectivity index (χ3v) is 4.90. The number of urea groups is 1. The standard InChI is InChI=1S/C21H17N5O5/c22-19(27)12-24-11-14(16-3-1-2-4-18(16)24)9-17-20(28)25(21(29)23-17)10-13-5-7-15(8-6-13)26(30)31/h1-9,11H,10,12H2,(H2,22,27)(H,23,29). The van der Waals surface area contributed by atoms with E-state index in [0.29, 0.717) is 11.1 Å². The van der Waals surface area contributed by atoms with Crippen molar-refractivity contribution in [3.63, 3.8) is 0 Å². The molecular formula is C21H17N5O5. The first kappa shape index (κ1) is 19.8. The maximum Gasteiger partial charge on any atom is 0.329 e. The van der Waals surface area contributed by atoms with Gasteiger partial charge in [-0.15, -0.1) is 0 Å². The maximum absolute atomic E-state index is 12.8. The number of hydrogen-bond donors (Lipinski definition) is 2. The quantitative estimate of drug-likeness (QED) is 0.273. The first-order chi connectivity index (χ1) is 14.8. The van der Waals surface area contributed by atoms with Crippen LogP contribution in [0.1, 0.15) is 11.1 Å². The number of aromatic nitrogens is 1. The molecule has 0 unspecified atom stereocenters. The van der Waals surface area contributed by atoms with E-state index in [0.717, 1.165) is 15.8 Å². The Morgan fingerprint density at radius 3 is 2.52 bits per heavy atom. The topological polar surface area (TPSA) is 141 Å². The van der Waals surface area contributed by atoms with Gasteiger partial charge >= 0.3 is 6.03 Å². The number of nitro benzene ring substituents is 1. The number of fused-ring (bicyclic) bond motifs is 1. The molecule has 0 saturated carbocycles. The van der Waals surface area contributed by atoms with Crippen molar-refractivity contribution in [1.29, 1.82) is 0 Å². The highest BCUT2D eigenvalue weighted by Crippen LogP contribution is 2.25. The highest BCUT2D eigenvalue weighted by atomic mass is 16.6. The highest BCUT2D eigenvalue weighted by molar-refractivity contribution is 6.14. The Bertz CT molecular complexity index is 1260. The maximum atomic E-state index is 12.8. The molecule has 3 aromatic rings. The number of rotatable bonds is 6. The fourth-order valence-corrected chi connectivity index (χ4v) is 3.47. The van der Waals surface area contributed by atoms with Gasteiger partial charge in [0.05, 0.1) is 11.5 Å². The molecule has 156 valence electrons. The summed E-state index contributed by atoms with van der Waals surface area (Å²) in [6.07, 6.45) is 3.25. The van der Waals surface area contributed by atoms with Crippen molar-refractivity contribution in [2.45, 2.75) is 13.1 Å². The van der Waals surface area contributed by atoms with Crippen LogP contribution in [-0.4, -0.2) is 32.2 Å². The molecule has 0 atom stereocenters. The summed E-state index contributed by atoms with van der Waals surface area (Å²) in [5.41, 5.74) is 7.33. The first-order valence-electron chi connectivity index (χ1n) is 9.27. The molecule has 1 aliphatic rings. The minimum Gasteiger partial charge on any atom is -0.368 e. The number of nitrogens with two attached hydrogens (primary N) is 1. The summed E-state index contributed by atoms with van der Waals surface area (Å²) in [6.45, 7) is -0.0420. The molecule has 10 heteroatoms. The molecule has 4 amide bonds. The first-order valence-corrected chi connectivity index (χ1v) is 9.27. The number of carbonyl (C=O) groups is 3. The zero-order valence-corrected chi connectivity index (χ0v) is 16.1. The van der Waals surface area contributed by atoms with Gasteiger partial charge in [-0.3, -0.25) is 24.6 Å². The second kappa shape index (κ2) is 7.75. The third-order valence-electron chi connectivity index (χ3n) is 4.90. The van der Waals surface area contributed by atoms with E-state index in [4.69, 9.17) is 5.73 Å². The summed E-state index contributed by atoms with van der Waals surface area (Å²) >= 11 is 0. The number of imide groups is 1. The number of carbonyl (C=O) groups excluding carboxylic acids is 3. The van der Waals surface area contributed by atoms with Crippen LogP contribution < -0.4 is 11.1 Å². The van der Waals surface area contributed by atoms with Crippen LogP contribution in [0.4, 0.5) is 10.5 Å². The lowest BCUT2D eigenvalue weighted by Gasteiger charge is -2.11. The van der Waals surface area contributed by atoms with E-state index < -0.39 is 22.8 Å². The number of primary amides is 1. The fourth-order valence-electron chi connectivity index (χ4n) is 3.47. The third kappa shape index (κ3) is 3.86. The Labute approximate surface area is 175 Å². The summed E-state index contributed by atoms with van der Waals surface area (Å²) in [4.78, 5) is 47.8. The molecule has 4 rings (SSSR count). The van der Waals surface area contributed by atoms with Crippen molar-refractivity contribution in [1.82, 2.24) is 14.8 Å². The molecule has 0 bridgehead atoms. The number of nitro groups is 1. The van der Waals surface area contributed by atoms with E-state index in [1.807, 2.05) is 24.3 Å². The molecule has 1 saturated heterocycles. The largest absolute Gasteiger partial charge is 0.368 e. The minimum absolute atomic E-state index is 0.0176. The lowest BCUT2D eigenvalue weighted by Crippen LogP contribution is -2.30. The van der Waals surface area contributed by atoms with Gasteiger partial charge in [-0.05, 0) is 17.7 Å². The number of nitrogens with zero attached hydrogens (tertiary/aromatic N) is 3. The number of non-ortho nitro benzene ring substituents is 1. The summed E-state index contributed by atoms with van der Waals surface area (Å²) in [6, 6.07) is 12.4. The van der Waals surface area contributed by atoms with Crippen molar-refractivity contribution in [2.75, 3.05) is 0 Å². The Kier molecular flexibility index (Phi) is 4.96. The monoisotopic (exact) mass is 419 g/mol. The zero-order chi connectivity index (χ0) is 22.1. The second-order valence-electron chi connectivity index (χ2n) is 7.00. The molecule has 1 aliphatic heterocycles. The van der Waals surface area contributed by atoms with Gasteiger partial charge in [0.1, 0.15) is 12.2 Å². The van der Waals surface area contributed by atoms with Crippen LogP contribution in [0.25, 0.3) is 17.0 Å². The predicted molar refractivity (Wildman–Crippen MR) is 111 cm³/mol. The second-order valence-corrected chi connectivity index (χ2v) is 7.00. The van der Waals surface area contributed by atoms with Crippen LogP contribution in [0.15, 0.2) is 60.4 Å². The van der Waals surface area contributed by atoms with E-state index in [1.54, 1.807) is 16.8 Å². The smallest absolute Gasteiger partial charge is 0.329 e. The average Bonchev–Trinajstić information content (AvgIpc) is 3.20. The van der Waals surface area contributed by atoms with Crippen molar-refractivity contribution >= 4 is 40.5 Å². The number of benzene rings is 2. The Hall–Kier alpha value is -4.47. The summed E-state index contributed by atoms with van der Waals surface area (Å²) < 4.78 is 1.68. The molecule has 0 aliphatic carbocycles. The van der Waals surface area contributed by atoms with Crippen molar-refractivity contribution in [3.8, 4) is 0 Å². The van der Waals surface area contributed by atoms with Crippen LogP contribution in [0, 0.1) is 10.1 Å². The van der Waals surface area contributed by atoms with E-state index in [-0.39, 0.29) is 24.5 Å². The molecule has 31 heavy (non-hydrogen) atoms. The number of amides is 4. The molecule has 2 heterocycles. The summed E-state index contributed by atoms with van der Waals surface area (Å²) in [7, 11) is 0. The van der Waals surface area contributed by atoms with Crippen LogP contribution in [0.2, 0.25) is 0 Å². The van der Waals surface area contributed by atoms with E-state index in [1.165, 1.54) is 24.3 Å². The molecular weight excluding hydrogens is 402 g/mol. The predicted octanol–water partition coefficient (Wildman–Crippen LogP) is 2.13. The zero-order valence-electron chi connectivity index (χ0n) is 16.1. The van der Waals surface area contributed by atoms with Gasteiger partial charge in [0.15, 0.2) is 0 Å². The summed E-state index contributed by atoms with van der Waals surface area (Å²) in [5, 5.41) is 14.1. The summed E-state index contributed by atoms with van der Waals surface area (Å²) in [5.74, 6) is -1.02. The van der Waals surface area contributed by atoms with E-state index in [9.17, 15) is 24.5 Å². The van der Waals surface area contributed by atoms with Crippen LogP contribution in [0.5, 0.6) is 0 Å². The molecule has 1 fully saturated rings. The van der Waals surface area contributed by atoms with Crippen LogP contribution in [-0.2, 0) is 22.7 Å². The van der Waals surface area contributed by atoms with Crippen molar-refractivity contribution < 1.29 is 19.3 Å². The fraction of sp³-hybridized carbons (Fsp3) is 0.0952. The van der Waals surface area contributed by atoms with E-state index >= 15 is 0 Å². The Morgan fingerprint density at radius 2 is 1.84 bits per heavy atom. The van der Waals surface area contributed by atoms with Gasteiger partial charge in [-0.1, -0.05) is 30.3 Å². The number of para-hydroxylation sites is 1. The van der Waals surface area contributed by atoms with Gasteiger partial charge in [-0.25, -0.2) is 4.79 Å². The van der Waals surface area contributed by atoms with E-state index in [2.05, 4.69) is 5.32 Å². The average molecular weight is 419 g/mol. The minimum atomic E-state index is -0.588. The molecule has 0 radical (unpaired) electrons. The van der Waals surface area contributed by atoms with Gasteiger partial charge < -0.3 is 15.6 Å². The number of hydrogen-bond acceptors (Lipinski definition) is 5. The van der Waals surface area contributed by atoms with Crippen LogP contribution in [0.3, 0.4) is 0 Å².